The van der Waals surface area contributed by atoms with Gasteiger partial charge in [0.05, 0.1) is 5.52 Å². The lowest BCUT2D eigenvalue weighted by atomic mass is 9.71. The molecule has 0 radical (unpaired) electrons. The third-order valence-corrected chi connectivity index (χ3v) is 9.71. The zero-order chi connectivity index (χ0) is 33.1. The van der Waals surface area contributed by atoms with E-state index in [2.05, 4.69) is 45.6 Å². The highest BCUT2D eigenvalue weighted by molar-refractivity contribution is 5.99. The maximum atomic E-state index is 13.6. The highest BCUT2D eigenvalue weighted by atomic mass is 16.2. The van der Waals surface area contributed by atoms with E-state index >= 15 is 0 Å². The summed E-state index contributed by atoms with van der Waals surface area (Å²) < 4.78 is 0. The second-order valence-electron chi connectivity index (χ2n) is 12.8. The molecule has 0 saturated carbocycles. The number of benzene rings is 4. The van der Waals surface area contributed by atoms with Gasteiger partial charge in [-0.15, -0.1) is 0 Å². The van der Waals surface area contributed by atoms with E-state index in [9.17, 15) is 14.4 Å². The highest BCUT2D eigenvalue weighted by Crippen LogP contribution is 2.41. The predicted octanol–water partition coefficient (Wildman–Crippen LogP) is 5.69. The zero-order valence-corrected chi connectivity index (χ0v) is 27.0. The number of nitrogens with one attached hydrogen (secondary N) is 2. The van der Waals surface area contributed by atoms with E-state index in [0.29, 0.717) is 55.8 Å². The number of hydrogen-bond donors (Lipinski definition) is 2. The van der Waals surface area contributed by atoms with Gasteiger partial charge in [-0.25, -0.2) is 0 Å². The molecule has 2 saturated heterocycles. The normalized spacial score (nSPS) is 15.0. The van der Waals surface area contributed by atoms with Crippen molar-refractivity contribution in [2.75, 3.05) is 33.2 Å². The maximum Gasteiger partial charge on any atom is 0.253 e. The van der Waals surface area contributed by atoms with Crippen LogP contribution in [0.15, 0.2) is 97.1 Å². The van der Waals surface area contributed by atoms with Crippen molar-refractivity contribution < 1.29 is 14.4 Å². The van der Waals surface area contributed by atoms with E-state index in [0.717, 1.165) is 46.0 Å². The summed E-state index contributed by atoms with van der Waals surface area (Å²) in [6.45, 7) is 2.74. The van der Waals surface area contributed by atoms with Crippen LogP contribution >= 0.6 is 0 Å². The minimum absolute atomic E-state index is 0.00398. The molecule has 2 aliphatic rings. The summed E-state index contributed by atoms with van der Waals surface area (Å²) in [5.74, 6) is 6.59. The predicted molar refractivity (Wildman–Crippen MR) is 186 cm³/mol. The summed E-state index contributed by atoms with van der Waals surface area (Å²) in [7, 11) is 1.63. The Labute approximate surface area is 280 Å². The van der Waals surface area contributed by atoms with Crippen LogP contribution in [-0.4, -0.2) is 70.9 Å². The van der Waals surface area contributed by atoms with E-state index in [1.165, 1.54) is 0 Å². The molecule has 7 rings (SSSR count). The Balaban J connectivity index is 0.973. The molecule has 8 nitrogen and oxygen atoms in total. The van der Waals surface area contributed by atoms with Crippen molar-refractivity contribution >= 4 is 28.6 Å². The Morgan fingerprint density at radius 3 is 2.25 bits per heavy atom. The number of aromatic amines is 1. The summed E-state index contributed by atoms with van der Waals surface area (Å²) in [6.07, 6.45) is 2.81. The Morgan fingerprint density at radius 1 is 0.812 bits per heavy atom. The highest BCUT2D eigenvalue weighted by Gasteiger charge is 2.47. The Bertz CT molecular complexity index is 2040. The molecule has 0 bridgehead atoms. The molecule has 3 amide bonds. The first-order chi connectivity index (χ1) is 23.4. The van der Waals surface area contributed by atoms with Crippen LogP contribution in [0.4, 0.5) is 0 Å². The van der Waals surface area contributed by atoms with Crippen LogP contribution < -0.4 is 5.32 Å². The van der Waals surface area contributed by atoms with Crippen LogP contribution in [0.25, 0.3) is 22.0 Å². The molecule has 0 aliphatic carbocycles. The van der Waals surface area contributed by atoms with Crippen LogP contribution in [0, 0.1) is 17.3 Å². The maximum absolute atomic E-state index is 13.6. The van der Waals surface area contributed by atoms with Crippen molar-refractivity contribution in [2.24, 2.45) is 5.41 Å². The van der Waals surface area contributed by atoms with Crippen molar-refractivity contribution in [3.63, 3.8) is 0 Å². The first-order valence-electron chi connectivity index (χ1n) is 16.4. The first-order valence-corrected chi connectivity index (χ1v) is 16.4. The number of likely N-dealkylation sites (tertiary alicyclic amines) is 2. The van der Waals surface area contributed by atoms with Gasteiger partial charge in [-0.1, -0.05) is 66.6 Å². The SMILES string of the molecule is CNC(=O)CCc1ccc(C(=O)N2CC3(CCN(C(=O)c4ccc5[nH]nc(C#Cc6ccccc6-c6ccccc6)c5c4)CC3)C2)cc1. The Kier molecular flexibility index (Phi) is 8.51. The molecule has 1 aromatic heterocycles. The number of amides is 3. The first kappa shape index (κ1) is 30.9. The molecule has 2 N–H and O–H groups in total. The Hall–Kier alpha value is -5.68. The second kappa shape index (κ2) is 13.2. The molecule has 1 spiro atoms. The van der Waals surface area contributed by atoms with Gasteiger partial charge in [-0.3, -0.25) is 19.5 Å². The molecule has 0 unspecified atom stereocenters. The van der Waals surface area contributed by atoms with Gasteiger partial charge in [0.15, 0.2) is 0 Å². The van der Waals surface area contributed by atoms with Gasteiger partial charge in [0.2, 0.25) is 5.91 Å². The third kappa shape index (κ3) is 6.32. The van der Waals surface area contributed by atoms with Crippen LogP contribution in [0.1, 0.15) is 56.8 Å². The van der Waals surface area contributed by atoms with Crippen molar-refractivity contribution in [3.05, 3.63) is 125 Å². The van der Waals surface area contributed by atoms with Gasteiger partial charge in [0.25, 0.3) is 11.8 Å². The number of nitrogens with zero attached hydrogens (tertiary/aromatic N) is 3. The average Bonchev–Trinajstić information content (AvgIpc) is 3.54. The minimum Gasteiger partial charge on any atom is -0.359 e. The van der Waals surface area contributed by atoms with Gasteiger partial charge in [0.1, 0.15) is 5.69 Å². The fourth-order valence-electron chi connectivity index (χ4n) is 6.80. The molecule has 4 aromatic carbocycles. The molecule has 0 atom stereocenters. The lowest BCUT2D eigenvalue weighted by molar-refractivity contribution is -0.120. The summed E-state index contributed by atoms with van der Waals surface area (Å²) >= 11 is 0. The molecule has 2 fully saturated rings. The summed E-state index contributed by atoms with van der Waals surface area (Å²) in [5, 5.41) is 11.0. The number of fused-ring (bicyclic) bond motifs is 1. The summed E-state index contributed by atoms with van der Waals surface area (Å²) in [5.41, 5.74) is 6.91. The summed E-state index contributed by atoms with van der Waals surface area (Å²) in [6, 6.07) is 31.5. The number of hydrogen-bond acceptors (Lipinski definition) is 4. The molecule has 240 valence electrons. The van der Waals surface area contributed by atoms with Gasteiger partial charge >= 0.3 is 0 Å². The molecule has 2 aliphatic heterocycles. The number of carbonyl (C=O) groups excluding carboxylic acids is 3. The van der Waals surface area contributed by atoms with Crippen molar-refractivity contribution in [3.8, 4) is 23.0 Å². The number of piperidine rings is 1. The largest absolute Gasteiger partial charge is 0.359 e. The van der Waals surface area contributed by atoms with Crippen LogP contribution in [0.2, 0.25) is 0 Å². The smallest absolute Gasteiger partial charge is 0.253 e. The minimum atomic E-state index is 0.00398. The second-order valence-corrected chi connectivity index (χ2v) is 12.8. The fourth-order valence-corrected chi connectivity index (χ4v) is 6.80. The van der Waals surface area contributed by atoms with Crippen LogP contribution in [-0.2, 0) is 11.2 Å². The van der Waals surface area contributed by atoms with Gasteiger partial charge in [-0.05, 0) is 78.3 Å². The van der Waals surface area contributed by atoms with Gasteiger partial charge in [-0.2, -0.15) is 5.10 Å². The number of aryl methyl sites for hydroxylation is 1. The standard InChI is InChI=1S/C40H37N5O3/c1-41-37(46)20-13-28-11-14-31(15-12-28)38(47)45-26-40(27-45)21-23-44(24-22-40)39(48)32-17-19-36-34(25-32)35(42-43-36)18-16-30-9-5-6-10-33(30)29-7-3-2-4-8-29/h2-12,14-15,17,19,25H,13,20-24,26-27H2,1H3,(H,41,46)(H,42,43). The molecule has 8 heteroatoms. The molecule has 3 heterocycles. The van der Waals surface area contributed by atoms with Crippen LogP contribution in [0.5, 0.6) is 0 Å². The molecular formula is C40H37N5O3. The van der Waals surface area contributed by atoms with E-state index < -0.39 is 0 Å². The number of carbonyl (C=O) groups is 3. The zero-order valence-electron chi connectivity index (χ0n) is 27.0. The third-order valence-electron chi connectivity index (χ3n) is 9.71. The Morgan fingerprint density at radius 2 is 1.50 bits per heavy atom. The molecule has 5 aromatic rings. The number of aromatic nitrogens is 2. The average molecular weight is 636 g/mol. The van der Waals surface area contributed by atoms with Crippen molar-refractivity contribution in [1.82, 2.24) is 25.3 Å². The summed E-state index contributed by atoms with van der Waals surface area (Å²) in [4.78, 5) is 42.1. The topological polar surface area (TPSA) is 98.4 Å². The van der Waals surface area contributed by atoms with E-state index in [1.54, 1.807) is 7.05 Å². The molecule has 48 heavy (non-hydrogen) atoms. The molecular weight excluding hydrogens is 598 g/mol. The monoisotopic (exact) mass is 635 g/mol. The van der Waals surface area contributed by atoms with E-state index in [-0.39, 0.29) is 23.1 Å². The van der Waals surface area contributed by atoms with Gasteiger partial charge in [0, 0.05) is 67.1 Å². The van der Waals surface area contributed by atoms with E-state index in [1.807, 2.05) is 88.7 Å². The van der Waals surface area contributed by atoms with Gasteiger partial charge < -0.3 is 15.1 Å². The quantitative estimate of drug-likeness (QED) is 0.235. The lowest BCUT2D eigenvalue weighted by Gasteiger charge is -2.54. The van der Waals surface area contributed by atoms with Crippen molar-refractivity contribution in [1.29, 1.82) is 0 Å². The van der Waals surface area contributed by atoms with Crippen molar-refractivity contribution in [2.45, 2.75) is 25.7 Å². The number of H-pyrrole nitrogens is 1. The van der Waals surface area contributed by atoms with E-state index in [4.69, 9.17) is 0 Å². The van der Waals surface area contributed by atoms with Crippen LogP contribution in [0.3, 0.4) is 0 Å². The lowest BCUT2D eigenvalue weighted by Crippen LogP contribution is -2.62. The number of rotatable bonds is 6. The fraction of sp³-hybridized carbons (Fsp3) is 0.250.